The van der Waals surface area contributed by atoms with Gasteiger partial charge in [0, 0.05) is 24.1 Å². The Morgan fingerprint density at radius 2 is 2.05 bits per heavy atom. The molecule has 1 unspecified atom stereocenters. The van der Waals surface area contributed by atoms with Crippen LogP contribution in [0, 0.1) is 0 Å². The molecule has 0 radical (unpaired) electrons. The number of nitrogens with zero attached hydrogens (tertiary/aromatic N) is 2. The van der Waals surface area contributed by atoms with Gasteiger partial charge in [-0.15, -0.1) is 11.6 Å². The van der Waals surface area contributed by atoms with Crippen molar-refractivity contribution in [3.63, 3.8) is 0 Å². The van der Waals surface area contributed by atoms with Crippen LogP contribution in [0.25, 0.3) is 11.0 Å². The van der Waals surface area contributed by atoms with E-state index in [9.17, 15) is 0 Å². The van der Waals surface area contributed by atoms with E-state index < -0.39 is 0 Å². The average Bonchev–Trinajstić information content (AvgIpc) is 2.79. The van der Waals surface area contributed by atoms with Gasteiger partial charge in [-0.1, -0.05) is 29.6 Å². The standard InChI is InChI=1S/C15H17Cl3N2S/c16-5-4-15-19-13-7-11(17)12(18)8-14(13)20(15)9-10-3-1-2-6-21-10/h7-8,10H,1-6,9H2. The van der Waals surface area contributed by atoms with Crippen molar-refractivity contribution < 1.29 is 0 Å². The number of fused-ring (bicyclic) bond motifs is 1. The topological polar surface area (TPSA) is 17.8 Å². The Balaban J connectivity index is 2.00. The molecule has 3 rings (SSSR count). The van der Waals surface area contributed by atoms with Crippen molar-refractivity contribution in [1.29, 1.82) is 0 Å². The molecule has 1 aliphatic heterocycles. The number of benzene rings is 1. The molecular weight excluding hydrogens is 347 g/mol. The number of rotatable bonds is 4. The Hall–Kier alpha value is -0.0900. The van der Waals surface area contributed by atoms with Crippen LogP contribution in [0.4, 0.5) is 0 Å². The lowest BCUT2D eigenvalue weighted by molar-refractivity contribution is 0.577. The fourth-order valence-corrected chi connectivity index (χ4v) is 4.58. The highest BCUT2D eigenvalue weighted by Crippen LogP contribution is 2.31. The summed E-state index contributed by atoms with van der Waals surface area (Å²) in [6.45, 7) is 0.978. The fraction of sp³-hybridized carbons (Fsp3) is 0.533. The minimum absolute atomic E-state index is 0.554. The van der Waals surface area contributed by atoms with Crippen molar-refractivity contribution in [1.82, 2.24) is 9.55 Å². The first-order valence-corrected chi connectivity index (χ1v) is 9.54. The molecule has 0 amide bonds. The van der Waals surface area contributed by atoms with E-state index in [1.165, 1.54) is 25.0 Å². The van der Waals surface area contributed by atoms with Crippen molar-refractivity contribution in [3.05, 3.63) is 28.0 Å². The molecule has 1 aromatic carbocycles. The van der Waals surface area contributed by atoms with Crippen LogP contribution >= 0.6 is 46.6 Å². The molecule has 1 saturated heterocycles. The quantitative estimate of drug-likeness (QED) is 0.676. The zero-order valence-electron chi connectivity index (χ0n) is 11.6. The monoisotopic (exact) mass is 362 g/mol. The van der Waals surface area contributed by atoms with Gasteiger partial charge in [-0.05, 0) is 30.7 Å². The van der Waals surface area contributed by atoms with E-state index in [0.29, 0.717) is 21.2 Å². The molecule has 2 aromatic rings. The van der Waals surface area contributed by atoms with Crippen LogP contribution in [0.15, 0.2) is 12.1 Å². The van der Waals surface area contributed by atoms with Crippen molar-refractivity contribution in [2.75, 3.05) is 11.6 Å². The molecule has 21 heavy (non-hydrogen) atoms. The van der Waals surface area contributed by atoms with Crippen LogP contribution in [0.5, 0.6) is 0 Å². The molecule has 0 N–H and O–H groups in total. The molecule has 0 bridgehead atoms. The summed E-state index contributed by atoms with van der Waals surface area (Å²) in [5.74, 6) is 2.86. The minimum Gasteiger partial charge on any atom is -0.327 e. The van der Waals surface area contributed by atoms with Gasteiger partial charge in [0.05, 0.1) is 21.1 Å². The molecule has 0 aliphatic carbocycles. The minimum atomic E-state index is 0.554. The Bertz CT molecular complexity index is 635. The van der Waals surface area contributed by atoms with Crippen molar-refractivity contribution >= 4 is 57.6 Å². The van der Waals surface area contributed by atoms with Gasteiger partial charge in [-0.2, -0.15) is 11.8 Å². The molecule has 2 nitrogen and oxygen atoms in total. The predicted molar refractivity (Wildman–Crippen MR) is 94.3 cm³/mol. The van der Waals surface area contributed by atoms with E-state index >= 15 is 0 Å². The first-order valence-electron chi connectivity index (χ1n) is 7.21. The van der Waals surface area contributed by atoms with E-state index in [1.54, 1.807) is 0 Å². The third kappa shape index (κ3) is 3.47. The summed E-state index contributed by atoms with van der Waals surface area (Å²) in [6, 6.07) is 3.78. The molecule has 2 heterocycles. The van der Waals surface area contributed by atoms with E-state index in [2.05, 4.69) is 16.3 Å². The van der Waals surface area contributed by atoms with E-state index in [1.807, 2.05) is 12.1 Å². The number of imidazole rings is 1. The molecular formula is C15H17Cl3N2S. The Morgan fingerprint density at radius 1 is 1.24 bits per heavy atom. The van der Waals surface area contributed by atoms with E-state index in [4.69, 9.17) is 39.8 Å². The molecule has 1 aliphatic rings. The molecule has 1 atom stereocenters. The molecule has 114 valence electrons. The summed E-state index contributed by atoms with van der Waals surface area (Å²) in [6.07, 6.45) is 4.69. The summed E-state index contributed by atoms with van der Waals surface area (Å²) in [4.78, 5) is 4.70. The fourth-order valence-electron chi connectivity index (χ4n) is 2.80. The summed E-state index contributed by atoms with van der Waals surface area (Å²) < 4.78 is 2.28. The number of aromatic nitrogens is 2. The maximum absolute atomic E-state index is 6.18. The van der Waals surface area contributed by atoms with Gasteiger partial charge in [0.2, 0.25) is 0 Å². The lowest BCUT2D eigenvalue weighted by atomic mass is 10.2. The van der Waals surface area contributed by atoms with Gasteiger partial charge in [-0.3, -0.25) is 0 Å². The zero-order chi connectivity index (χ0) is 14.8. The highest BCUT2D eigenvalue weighted by atomic mass is 35.5. The van der Waals surface area contributed by atoms with Crippen LogP contribution < -0.4 is 0 Å². The molecule has 1 fully saturated rings. The number of hydrogen-bond donors (Lipinski definition) is 0. The maximum Gasteiger partial charge on any atom is 0.111 e. The number of thioether (sulfide) groups is 1. The summed E-state index contributed by atoms with van der Waals surface area (Å²) in [7, 11) is 0. The van der Waals surface area contributed by atoms with Crippen LogP contribution in [0.3, 0.4) is 0 Å². The predicted octanol–water partition coefficient (Wildman–Crippen LogP) is 5.41. The number of halogens is 3. The van der Waals surface area contributed by atoms with Gasteiger partial charge in [0.25, 0.3) is 0 Å². The third-order valence-corrected chi connectivity index (χ3v) is 6.14. The second kappa shape index (κ2) is 6.99. The molecule has 6 heteroatoms. The van der Waals surface area contributed by atoms with Crippen LogP contribution in [-0.2, 0) is 13.0 Å². The highest BCUT2D eigenvalue weighted by Gasteiger charge is 2.19. The van der Waals surface area contributed by atoms with Crippen LogP contribution in [-0.4, -0.2) is 26.4 Å². The van der Waals surface area contributed by atoms with Crippen LogP contribution in [0.2, 0.25) is 10.0 Å². The maximum atomic E-state index is 6.18. The van der Waals surface area contributed by atoms with Crippen molar-refractivity contribution in [2.24, 2.45) is 0 Å². The third-order valence-electron chi connectivity index (χ3n) is 3.85. The lowest BCUT2D eigenvalue weighted by Gasteiger charge is -2.23. The van der Waals surface area contributed by atoms with Crippen LogP contribution in [0.1, 0.15) is 25.1 Å². The highest BCUT2D eigenvalue weighted by molar-refractivity contribution is 7.99. The van der Waals surface area contributed by atoms with E-state index in [0.717, 1.165) is 29.8 Å². The molecule has 1 aromatic heterocycles. The second-order valence-electron chi connectivity index (χ2n) is 5.32. The summed E-state index contributed by atoms with van der Waals surface area (Å²) >= 11 is 20.3. The number of hydrogen-bond acceptors (Lipinski definition) is 2. The first-order chi connectivity index (χ1) is 10.2. The van der Waals surface area contributed by atoms with Gasteiger partial charge in [0.15, 0.2) is 0 Å². The van der Waals surface area contributed by atoms with Crippen molar-refractivity contribution in [2.45, 2.75) is 37.5 Å². The van der Waals surface area contributed by atoms with E-state index in [-0.39, 0.29) is 0 Å². The summed E-state index contributed by atoms with van der Waals surface area (Å²) in [5, 5.41) is 1.79. The van der Waals surface area contributed by atoms with Gasteiger partial charge in [0.1, 0.15) is 5.82 Å². The second-order valence-corrected chi connectivity index (χ2v) is 7.92. The largest absolute Gasteiger partial charge is 0.327 e. The Morgan fingerprint density at radius 3 is 2.76 bits per heavy atom. The number of aryl methyl sites for hydroxylation is 1. The first kappa shape index (κ1) is 15.8. The lowest BCUT2D eigenvalue weighted by Crippen LogP contribution is -2.18. The molecule has 0 saturated carbocycles. The summed E-state index contributed by atoms with van der Waals surface area (Å²) in [5.41, 5.74) is 1.97. The zero-order valence-corrected chi connectivity index (χ0v) is 14.7. The van der Waals surface area contributed by atoms with Crippen molar-refractivity contribution in [3.8, 4) is 0 Å². The Labute approximate surface area is 144 Å². The Kier molecular flexibility index (Phi) is 5.26. The average molecular weight is 364 g/mol. The van der Waals surface area contributed by atoms with Gasteiger partial charge >= 0.3 is 0 Å². The van der Waals surface area contributed by atoms with Gasteiger partial charge in [-0.25, -0.2) is 4.98 Å². The van der Waals surface area contributed by atoms with Gasteiger partial charge < -0.3 is 4.57 Å². The number of alkyl halides is 1. The SMILES string of the molecule is ClCCc1nc2cc(Cl)c(Cl)cc2n1CC1CCCCS1. The normalized spacial score (nSPS) is 19.3. The smallest absolute Gasteiger partial charge is 0.111 e. The molecule has 0 spiro atoms.